The highest BCUT2D eigenvalue weighted by Gasteiger charge is 2.33. The minimum Gasteiger partial charge on any atom is -0.478 e. The van der Waals surface area contributed by atoms with Crippen LogP contribution in [-0.2, 0) is 11.2 Å². The lowest BCUT2D eigenvalue weighted by Crippen LogP contribution is -2.18. The van der Waals surface area contributed by atoms with Crippen LogP contribution in [0.25, 0.3) is 22.1 Å². The molecule has 0 saturated heterocycles. The monoisotopic (exact) mass is 482 g/mol. The number of allylic oxidation sites excluding steroid dienone is 1. The summed E-state index contributed by atoms with van der Waals surface area (Å²) in [6.07, 6.45) is 7.82. The third-order valence-corrected chi connectivity index (χ3v) is 6.99. The molecule has 0 aliphatic carbocycles. The summed E-state index contributed by atoms with van der Waals surface area (Å²) < 4.78 is 6.13. The molecule has 0 spiro atoms. The molecule has 1 aromatic heterocycles. The summed E-state index contributed by atoms with van der Waals surface area (Å²) in [4.78, 5) is 36.4. The van der Waals surface area contributed by atoms with Gasteiger partial charge in [0.15, 0.2) is 5.76 Å². The van der Waals surface area contributed by atoms with Crippen molar-refractivity contribution in [3.05, 3.63) is 82.5 Å². The molecule has 3 aliphatic rings. The Hall–Kier alpha value is -4.75. The van der Waals surface area contributed by atoms with E-state index < -0.39 is 11.9 Å². The van der Waals surface area contributed by atoms with Gasteiger partial charge in [0.25, 0.3) is 5.91 Å². The zero-order valence-electron chi connectivity index (χ0n) is 19.1. The first kappa shape index (κ1) is 21.8. The van der Waals surface area contributed by atoms with Crippen molar-refractivity contribution >= 4 is 34.3 Å². The Balaban J connectivity index is 1.69. The van der Waals surface area contributed by atoms with Crippen molar-refractivity contribution in [1.82, 2.24) is 10.6 Å². The molecule has 0 fully saturated rings. The van der Waals surface area contributed by atoms with Gasteiger partial charge in [0.2, 0.25) is 0 Å². The van der Waals surface area contributed by atoms with Gasteiger partial charge in [-0.25, -0.2) is 9.59 Å². The van der Waals surface area contributed by atoms with Crippen molar-refractivity contribution < 1.29 is 23.9 Å². The molecule has 9 heteroatoms. The second-order valence-corrected chi connectivity index (χ2v) is 9.11. The Kier molecular flexibility index (Phi) is 4.94. The van der Waals surface area contributed by atoms with E-state index in [1.54, 1.807) is 18.5 Å². The van der Waals surface area contributed by atoms with Crippen LogP contribution >= 0.6 is 0 Å². The molecule has 6 N–H and O–H groups in total. The average Bonchev–Trinajstić information content (AvgIpc) is 3.67. The Morgan fingerprint density at radius 1 is 1.08 bits per heavy atom. The lowest BCUT2D eigenvalue weighted by atomic mass is 9.82. The lowest BCUT2D eigenvalue weighted by molar-refractivity contribution is 0.0694. The fourth-order valence-corrected chi connectivity index (χ4v) is 5.41. The number of nitrogens with two attached hydrogens (primary N) is 1. The number of hydrogen-bond acceptors (Lipinski definition) is 7. The molecule has 3 aromatic rings. The van der Waals surface area contributed by atoms with E-state index >= 15 is 0 Å². The molecule has 1 amide bonds. The zero-order valence-corrected chi connectivity index (χ0v) is 19.1. The van der Waals surface area contributed by atoms with Gasteiger partial charge in [-0.1, -0.05) is 12.2 Å². The first-order valence-electron chi connectivity index (χ1n) is 11.6. The van der Waals surface area contributed by atoms with Crippen LogP contribution in [0, 0.1) is 0 Å². The van der Waals surface area contributed by atoms with Crippen LogP contribution in [0.5, 0.6) is 0 Å². The maximum Gasteiger partial charge on any atom is 0.336 e. The van der Waals surface area contributed by atoms with Gasteiger partial charge in [-0.05, 0) is 53.4 Å². The Bertz CT molecular complexity index is 1570. The van der Waals surface area contributed by atoms with E-state index in [-0.39, 0.29) is 23.2 Å². The van der Waals surface area contributed by atoms with E-state index in [0.717, 1.165) is 11.3 Å². The van der Waals surface area contributed by atoms with E-state index in [2.05, 4.69) is 16.0 Å². The SMILES string of the molecule is NC(=O)c1oc(-c2ccc3c(c2)CC(=C=O)N3)c2c(C3C=CNC3)c(C(=O)O)c(C3C=CNC3)cc12. The summed E-state index contributed by atoms with van der Waals surface area (Å²) in [5, 5.41) is 20.8. The summed E-state index contributed by atoms with van der Waals surface area (Å²) in [5.74, 6) is 0.0293. The highest BCUT2D eigenvalue weighted by atomic mass is 16.4. The van der Waals surface area contributed by atoms with Gasteiger partial charge in [-0.2, -0.15) is 0 Å². The summed E-state index contributed by atoms with van der Waals surface area (Å²) in [7, 11) is 0. The van der Waals surface area contributed by atoms with Gasteiger partial charge in [0.1, 0.15) is 17.4 Å². The van der Waals surface area contributed by atoms with Crippen LogP contribution < -0.4 is 21.7 Å². The van der Waals surface area contributed by atoms with Gasteiger partial charge in [0.05, 0.1) is 5.56 Å². The third-order valence-electron chi connectivity index (χ3n) is 6.99. The number of amides is 1. The first-order chi connectivity index (χ1) is 17.5. The van der Waals surface area contributed by atoms with Crippen molar-refractivity contribution in [3.63, 3.8) is 0 Å². The zero-order chi connectivity index (χ0) is 25.0. The second-order valence-electron chi connectivity index (χ2n) is 9.11. The molecule has 9 nitrogen and oxygen atoms in total. The van der Waals surface area contributed by atoms with Crippen LogP contribution in [0.15, 0.2) is 58.9 Å². The Labute approximate surface area is 205 Å². The molecule has 6 rings (SSSR count). The predicted molar refractivity (Wildman–Crippen MR) is 133 cm³/mol. The maximum atomic E-state index is 12.8. The van der Waals surface area contributed by atoms with E-state index in [1.807, 2.05) is 36.3 Å². The third kappa shape index (κ3) is 3.29. The highest BCUT2D eigenvalue weighted by Crippen LogP contribution is 2.45. The molecule has 2 aromatic carbocycles. The number of benzene rings is 2. The number of rotatable bonds is 5. The normalized spacial score (nSPS) is 19.6. The fourth-order valence-electron chi connectivity index (χ4n) is 5.41. The number of anilines is 1. The molecule has 0 radical (unpaired) electrons. The quantitative estimate of drug-likeness (QED) is 0.349. The van der Waals surface area contributed by atoms with E-state index in [4.69, 9.17) is 10.2 Å². The lowest BCUT2D eigenvalue weighted by Gasteiger charge is -2.20. The Morgan fingerprint density at radius 2 is 1.83 bits per heavy atom. The van der Waals surface area contributed by atoms with Gasteiger partial charge < -0.3 is 31.2 Å². The number of nitrogens with one attached hydrogen (secondary N) is 3. The second kappa shape index (κ2) is 8.18. The summed E-state index contributed by atoms with van der Waals surface area (Å²) in [6, 6.07) is 7.24. The van der Waals surface area contributed by atoms with Crippen LogP contribution in [0.3, 0.4) is 0 Å². The van der Waals surface area contributed by atoms with Crippen LogP contribution in [0.4, 0.5) is 5.69 Å². The molecule has 2 atom stereocenters. The molecule has 2 unspecified atom stereocenters. The standard InChI is InChI=1S/C27H22N4O5/c28-26(33)25-19-9-18(14-3-5-29-10-14)23(27(34)35)21(15-4-6-30-11-15)22(19)24(36-25)13-1-2-20-16(7-13)8-17(12-32)31-20/h1-7,9,14-15,29-31H,8,10-11H2,(H2,28,33)(H,34,35). The number of carbonyl (C=O) groups excluding carboxylic acids is 2. The molecule has 0 bridgehead atoms. The smallest absolute Gasteiger partial charge is 0.336 e. The van der Waals surface area contributed by atoms with Gasteiger partial charge in [-0.3, -0.25) is 4.79 Å². The predicted octanol–water partition coefficient (Wildman–Crippen LogP) is 2.98. The van der Waals surface area contributed by atoms with Crippen molar-refractivity contribution in [3.8, 4) is 11.3 Å². The van der Waals surface area contributed by atoms with Crippen LogP contribution in [0.1, 0.15) is 49.4 Å². The first-order valence-corrected chi connectivity index (χ1v) is 11.6. The van der Waals surface area contributed by atoms with E-state index in [9.17, 15) is 19.5 Å². The number of aromatic carboxylic acids is 1. The van der Waals surface area contributed by atoms with Gasteiger partial charge >= 0.3 is 5.97 Å². The number of primary amides is 1. The van der Waals surface area contributed by atoms with Crippen LogP contribution in [-0.4, -0.2) is 36.0 Å². The molecule has 3 aliphatic heterocycles. The fraction of sp³-hybridized carbons (Fsp3) is 0.185. The largest absolute Gasteiger partial charge is 0.478 e. The van der Waals surface area contributed by atoms with Crippen molar-refractivity contribution in [2.24, 2.45) is 5.73 Å². The minimum absolute atomic E-state index is 0.0172. The van der Waals surface area contributed by atoms with Gasteiger partial charge in [0, 0.05) is 53.4 Å². The van der Waals surface area contributed by atoms with Crippen LogP contribution in [0.2, 0.25) is 0 Å². The number of hydrogen-bond donors (Lipinski definition) is 5. The number of carboxylic acid groups (broad SMARTS) is 1. The summed E-state index contributed by atoms with van der Waals surface area (Å²) in [6.45, 7) is 1.06. The number of fused-ring (bicyclic) bond motifs is 2. The minimum atomic E-state index is -1.05. The van der Waals surface area contributed by atoms with Crippen molar-refractivity contribution in [1.29, 1.82) is 0 Å². The van der Waals surface area contributed by atoms with E-state index in [0.29, 0.717) is 58.4 Å². The molecule has 0 saturated carbocycles. The maximum absolute atomic E-state index is 12.8. The average molecular weight is 482 g/mol. The number of carboxylic acids is 1. The van der Waals surface area contributed by atoms with Gasteiger partial charge in [-0.15, -0.1) is 0 Å². The number of carbonyl (C=O) groups is 2. The molecular formula is C27H22N4O5. The summed E-state index contributed by atoms with van der Waals surface area (Å²) in [5.41, 5.74) is 9.87. The highest BCUT2D eigenvalue weighted by molar-refractivity contribution is 6.13. The molecule has 36 heavy (non-hydrogen) atoms. The summed E-state index contributed by atoms with van der Waals surface area (Å²) >= 11 is 0. The Morgan fingerprint density at radius 3 is 2.47 bits per heavy atom. The topological polar surface area (TPSA) is 147 Å². The van der Waals surface area contributed by atoms with Crippen molar-refractivity contribution in [2.75, 3.05) is 18.4 Å². The van der Waals surface area contributed by atoms with Crippen molar-refractivity contribution in [2.45, 2.75) is 18.3 Å². The molecule has 180 valence electrons. The molecular weight excluding hydrogens is 460 g/mol. The van der Waals surface area contributed by atoms with E-state index in [1.165, 1.54) is 0 Å². The number of furan rings is 1. The molecule has 4 heterocycles.